The Morgan fingerprint density at radius 2 is 0.903 bits per heavy atom. The van der Waals surface area contributed by atoms with Gasteiger partial charge in [0.15, 0.2) is 0 Å². The highest BCUT2D eigenvalue weighted by Gasteiger charge is 2.20. The summed E-state index contributed by atoms with van der Waals surface area (Å²) in [6.07, 6.45) is 0. The van der Waals surface area contributed by atoms with E-state index in [-0.39, 0.29) is 0 Å². The second-order valence-electron chi connectivity index (χ2n) is 16.0. The monoisotopic (exact) mass is 809 g/mol. The normalized spacial score (nSPS) is 11.9. The molecule has 0 amide bonds. The molecule has 3 aromatic heterocycles. The summed E-state index contributed by atoms with van der Waals surface area (Å²) in [5.41, 5.74) is 13.5. The van der Waals surface area contributed by atoms with E-state index in [4.69, 9.17) is 8.83 Å². The van der Waals surface area contributed by atoms with Crippen LogP contribution >= 0.6 is 11.3 Å². The molecule has 0 saturated heterocycles. The van der Waals surface area contributed by atoms with E-state index in [1.165, 1.54) is 53.2 Å². The van der Waals surface area contributed by atoms with Gasteiger partial charge in [-0.05, 0) is 105 Å². The third-order valence-electron chi connectivity index (χ3n) is 12.5. The van der Waals surface area contributed by atoms with Crippen LogP contribution in [0.25, 0.3) is 108 Å². The number of nitrogens with zero attached hydrogens (tertiary/aromatic N) is 1. The van der Waals surface area contributed by atoms with Crippen molar-refractivity contribution >= 4 is 103 Å². The van der Waals surface area contributed by atoms with Crippen LogP contribution in [0.5, 0.6) is 0 Å². The van der Waals surface area contributed by atoms with Gasteiger partial charge >= 0.3 is 0 Å². The Morgan fingerprint density at radius 1 is 0.323 bits per heavy atom. The highest BCUT2D eigenvalue weighted by molar-refractivity contribution is 7.26. The van der Waals surface area contributed by atoms with Crippen molar-refractivity contribution in [1.29, 1.82) is 0 Å². The minimum absolute atomic E-state index is 0.835. The second kappa shape index (κ2) is 13.8. The highest BCUT2D eigenvalue weighted by atomic mass is 32.1. The molecule has 3 heterocycles. The highest BCUT2D eigenvalue weighted by Crippen LogP contribution is 2.45. The molecule has 3 nitrogen and oxygen atoms in total. The third-order valence-corrected chi connectivity index (χ3v) is 13.6. The average Bonchev–Trinajstić information content (AvgIpc) is 4.03. The van der Waals surface area contributed by atoms with Gasteiger partial charge in [0.25, 0.3) is 0 Å². The average molecular weight is 810 g/mol. The number of fused-ring (bicyclic) bond motifs is 11. The van der Waals surface area contributed by atoms with E-state index in [0.717, 1.165) is 72.1 Å². The fourth-order valence-electron chi connectivity index (χ4n) is 9.51. The molecule has 0 unspecified atom stereocenters. The first-order valence-corrected chi connectivity index (χ1v) is 21.8. The second-order valence-corrected chi connectivity index (χ2v) is 17.1. The van der Waals surface area contributed by atoms with Crippen molar-refractivity contribution in [1.82, 2.24) is 0 Å². The molecule has 0 bridgehead atoms. The molecular formula is C58H35NO2S. The van der Waals surface area contributed by atoms with E-state index in [9.17, 15) is 0 Å². The first-order valence-electron chi connectivity index (χ1n) is 21.0. The van der Waals surface area contributed by atoms with Gasteiger partial charge in [0.05, 0.1) is 0 Å². The van der Waals surface area contributed by atoms with Gasteiger partial charge in [-0.15, -0.1) is 11.3 Å². The van der Waals surface area contributed by atoms with Gasteiger partial charge in [-0.25, -0.2) is 0 Å². The lowest BCUT2D eigenvalue weighted by Crippen LogP contribution is -2.09. The number of furan rings is 2. The summed E-state index contributed by atoms with van der Waals surface area (Å²) in [4.78, 5) is 2.32. The van der Waals surface area contributed by atoms with Crippen molar-refractivity contribution < 1.29 is 8.83 Å². The first kappa shape index (κ1) is 34.9. The quantitative estimate of drug-likeness (QED) is 0.168. The molecule has 0 saturated carbocycles. The molecule has 13 rings (SSSR count). The fraction of sp³-hybridized carbons (Fsp3) is 0. The Balaban J connectivity index is 0.916. The van der Waals surface area contributed by atoms with Crippen molar-refractivity contribution in [2.75, 3.05) is 4.90 Å². The van der Waals surface area contributed by atoms with Gasteiger partial charge in [-0.1, -0.05) is 140 Å². The Bertz CT molecular complexity index is 3850. The lowest BCUT2D eigenvalue weighted by atomic mass is 9.98. The van der Waals surface area contributed by atoms with E-state index in [1.807, 2.05) is 11.3 Å². The lowest BCUT2D eigenvalue weighted by molar-refractivity contribution is 0.669. The van der Waals surface area contributed by atoms with Crippen LogP contribution in [0.3, 0.4) is 0 Å². The predicted molar refractivity (Wildman–Crippen MR) is 262 cm³/mol. The zero-order valence-electron chi connectivity index (χ0n) is 33.4. The van der Waals surface area contributed by atoms with Gasteiger partial charge in [0, 0.05) is 70.4 Å². The number of hydrogen-bond donors (Lipinski definition) is 0. The maximum atomic E-state index is 6.87. The zero-order valence-corrected chi connectivity index (χ0v) is 34.2. The summed E-state index contributed by atoms with van der Waals surface area (Å²) in [6, 6.07) is 76.0. The van der Waals surface area contributed by atoms with Crippen LogP contribution in [0.2, 0.25) is 0 Å². The molecule has 0 aliphatic heterocycles. The standard InChI is InChI=1S/C58H35NO2S/c1-2-10-36(11-3-1)37-20-25-41(26-21-37)59(42-27-22-39(23-28-42)45-16-8-13-38-12-4-5-14-44(38)45)43-29-31-48-47-30-24-40(34-52(47)60-53(48)35-43)46-17-9-18-49-50-32-33-55-56(58(50)61-57(46)49)51-15-6-7-19-54(51)62-55/h1-35H. The molecule has 0 N–H and O–H groups in total. The molecule has 0 aliphatic carbocycles. The number of benzene rings is 10. The molecular weight excluding hydrogens is 775 g/mol. The van der Waals surface area contributed by atoms with E-state index in [1.54, 1.807) is 0 Å². The van der Waals surface area contributed by atoms with Crippen LogP contribution in [0.1, 0.15) is 0 Å². The van der Waals surface area contributed by atoms with Gasteiger partial charge in [0.1, 0.15) is 22.3 Å². The molecule has 0 radical (unpaired) electrons. The molecule has 0 aliphatic rings. The molecule has 62 heavy (non-hydrogen) atoms. The molecule has 13 aromatic rings. The molecule has 0 fully saturated rings. The summed E-state index contributed by atoms with van der Waals surface area (Å²) in [7, 11) is 0. The third kappa shape index (κ3) is 5.51. The van der Waals surface area contributed by atoms with Crippen LogP contribution in [-0.4, -0.2) is 0 Å². The number of hydrogen-bond acceptors (Lipinski definition) is 4. The van der Waals surface area contributed by atoms with Crippen molar-refractivity contribution in [3.8, 4) is 33.4 Å². The number of rotatable bonds is 6. The topological polar surface area (TPSA) is 29.5 Å². The number of thiophene rings is 1. The van der Waals surface area contributed by atoms with Crippen molar-refractivity contribution in [2.24, 2.45) is 0 Å². The van der Waals surface area contributed by atoms with Crippen LogP contribution in [0, 0.1) is 0 Å². The summed E-state index contributed by atoms with van der Waals surface area (Å²) >= 11 is 1.81. The van der Waals surface area contributed by atoms with Crippen LogP contribution in [-0.2, 0) is 0 Å². The summed E-state index contributed by atoms with van der Waals surface area (Å²) in [5.74, 6) is 0. The summed E-state index contributed by atoms with van der Waals surface area (Å²) in [6.45, 7) is 0. The van der Waals surface area contributed by atoms with Gasteiger partial charge in [-0.3, -0.25) is 0 Å². The maximum Gasteiger partial charge on any atom is 0.144 e. The van der Waals surface area contributed by atoms with Gasteiger partial charge < -0.3 is 13.7 Å². The fourth-order valence-corrected chi connectivity index (χ4v) is 10.6. The molecule has 0 spiro atoms. The summed E-state index contributed by atoms with van der Waals surface area (Å²) < 4.78 is 16.2. The van der Waals surface area contributed by atoms with Crippen LogP contribution < -0.4 is 4.90 Å². The first-order chi connectivity index (χ1) is 30.7. The molecule has 290 valence electrons. The van der Waals surface area contributed by atoms with Crippen molar-refractivity contribution in [3.63, 3.8) is 0 Å². The number of anilines is 3. The minimum atomic E-state index is 0.835. The predicted octanol–water partition coefficient (Wildman–Crippen LogP) is 17.5. The lowest BCUT2D eigenvalue weighted by Gasteiger charge is -2.26. The Hall–Kier alpha value is -7.92. The molecule has 0 atom stereocenters. The smallest absolute Gasteiger partial charge is 0.144 e. The summed E-state index contributed by atoms with van der Waals surface area (Å²) in [5, 5.41) is 9.33. The van der Waals surface area contributed by atoms with Crippen molar-refractivity contribution in [2.45, 2.75) is 0 Å². The number of para-hydroxylation sites is 1. The van der Waals surface area contributed by atoms with Gasteiger partial charge in [-0.2, -0.15) is 0 Å². The maximum absolute atomic E-state index is 6.87. The Labute approximate surface area is 360 Å². The molecule has 4 heteroatoms. The van der Waals surface area contributed by atoms with E-state index >= 15 is 0 Å². The largest absolute Gasteiger partial charge is 0.456 e. The van der Waals surface area contributed by atoms with E-state index in [2.05, 4.69) is 217 Å². The minimum Gasteiger partial charge on any atom is -0.456 e. The SMILES string of the molecule is c1ccc(-c2ccc(N(c3ccc(-c4cccc5ccccc45)cc3)c3ccc4c(c3)oc3cc(-c5cccc6c5oc5c6ccc6sc7ccccc7c65)ccc34)cc2)cc1. The Morgan fingerprint density at radius 3 is 1.74 bits per heavy atom. The van der Waals surface area contributed by atoms with E-state index in [0.29, 0.717) is 0 Å². The van der Waals surface area contributed by atoms with Crippen molar-refractivity contribution in [3.05, 3.63) is 212 Å². The Kier molecular flexibility index (Phi) is 7.78. The van der Waals surface area contributed by atoms with E-state index < -0.39 is 0 Å². The van der Waals surface area contributed by atoms with Gasteiger partial charge in [0.2, 0.25) is 0 Å². The molecule has 10 aromatic carbocycles. The zero-order chi connectivity index (χ0) is 40.7. The van der Waals surface area contributed by atoms with Crippen LogP contribution in [0.15, 0.2) is 221 Å². The van der Waals surface area contributed by atoms with Crippen LogP contribution in [0.4, 0.5) is 17.1 Å².